The van der Waals surface area contributed by atoms with Crippen LogP contribution in [0.5, 0.6) is 0 Å². The van der Waals surface area contributed by atoms with Crippen molar-refractivity contribution in [3.63, 3.8) is 0 Å². The van der Waals surface area contributed by atoms with Crippen LogP contribution in [-0.4, -0.2) is 9.38 Å². The van der Waals surface area contributed by atoms with Crippen molar-refractivity contribution in [3.05, 3.63) is 169 Å². The summed E-state index contributed by atoms with van der Waals surface area (Å²) in [6, 6.07) is 55.9. The normalized spacial score (nSPS) is 13.5. The van der Waals surface area contributed by atoms with Crippen molar-refractivity contribution >= 4 is 58.8 Å². The summed E-state index contributed by atoms with van der Waals surface area (Å²) in [6.45, 7) is 4.72. The van der Waals surface area contributed by atoms with Crippen LogP contribution in [-0.2, 0) is 5.41 Å². The first-order chi connectivity index (χ1) is 25.1. The third-order valence-electron chi connectivity index (χ3n) is 11.3. The van der Waals surface area contributed by atoms with E-state index < -0.39 is 0 Å². The van der Waals surface area contributed by atoms with Gasteiger partial charge in [0, 0.05) is 41.9 Å². The first kappa shape index (κ1) is 28.8. The van der Waals surface area contributed by atoms with E-state index >= 15 is 0 Å². The number of hydrogen-bond acceptors (Lipinski definition) is 2. The third-order valence-corrected chi connectivity index (χ3v) is 12.6. The molecule has 3 aromatic heterocycles. The summed E-state index contributed by atoms with van der Waals surface area (Å²) in [5, 5.41) is 6.27. The van der Waals surface area contributed by atoms with E-state index in [-0.39, 0.29) is 5.41 Å². The molecule has 0 atom stereocenters. The topological polar surface area (TPSA) is 17.3 Å². The Labute approximate surface area is 299 Å². The lowest BCUT2D eigenvalue weighted by molar-refractivity contribution is 0.660. The molecule has 0 radical (unpaired) electrons. The summed E-state index contributed by atoms with van der Waals surface area (Å²) in [7, 11) is 0. The van der Waals surface area contributed by atoms with Crippen LogP contribution in [0.3, 0.4) is 0 Å². The lowest BCUT2D eigenvalue weighted by Crippen LogP contribution is -2.14. The average Bonchev–Trinajstić information content (AvgIpc) is 3.86. The van der Waals surface area contributed by atoms with E-state index in [1.54, 1.807) is 0 Å². The smallest absolute Gasteiger partial charge is 0.145 e. The zero-order valence-corrected chi connectivity index (χ0v) is 29.1. The van der Waals surface area contributed by atoms with Gasteiger partial charge in [-0.1, -0.05) is 153 Å². The van der Waals surface area contributed by atoms with E-state index in [0.29, 0.717) is 0 Å². The highest BCUT2D eigenvalue weighted by Crippen LogP contribution is 2.51. The Morgan fingerprint density at radius 3 is 1.82 bits per heavy atom. The van der Waals surface area contributed by atoms with Crippen molar-refractivity contribution in [2.75, 3.05) is 0 Å². The maximum absolute atomic E-state index is 4.95. The fourth-order valence-corrected chi connectivity index (χ4v) is 10.1. The number of hydrogen-bond donors (Lipinski definition) is 0. The molecule has 0 fully saturated rings. The number of rotatable bonds is 3. The van der Waals surface area contributed by atoms with Crippen molar-refractivity contribution in [1.82, 2.24) is 9.38 Å². The maximum atomic E-state index is 4.95. The van der Waals surface area contributed by atoms with E-state index in [1.807, 2.05) is 17.5 Å². The number of aromatic nitrogens is 2. The van der Waals surface area contributed by atoms with Crippen LogP contribution in [0, 0.1) is 0 Å². The van der Waals surface area contributed by atoms with Crippen LogP contribution in [0.4, 0.5) is 0 Å². The second-order valence-corrected chi connectivity index (χ2v) is 15.4. The summed E-state index contributed by atoms with van der Waals surface area (Å²) < 4.78 is 4.99. The van der Waals surface area contributed by atoms with E-state index in [4.69, 9.17) is 4.98 Å². The minimum atomic E-state index is -0.0283. The Balaban J connectivity index is 1.03. The summed E-state index contributed by atoms with van der Waals surface area (Å²) in [4.78, 5) is 4.95. The van der Waals surface area contributed by atoms with Gasteiger partial charge in [0.25, 0.3) is 0 Å². The van der Waals surface area contributed by atoms with Gasteiger partial charge in [-0.3, -0.25) is 4.40 Å². The Hall–Kier alpha value is -6.03. The molecule has 11 rings (SSSR count). The van der Waals surface area contributed by atoms with Gasteiger partial charge in [0.05, 0.1) is 17.4 Å². The molecule has 3 heteroatoms. The Morgan fingerprint density at radius 1 is 0.471 bits per heavy atom. The summed E-state index contributed by atoms with van der Waals surface area (Å²) >= 11 is 1.92. The zero-order chi connectivity index (χ0) is 33.8. The highest BCUT2D eigenvalue weighted by atomic mass is 32.1. The molecule has 0 unspecified atom stereocenters. The van der Waals surface area contributed by atoms with Gasteiger partial charge in [-0.2, -0.15) is 0 Å². The standard InChI is InChI=1S/C48H32N2S/c1-48(2)41-19-7-5-12-35(41)36-26-25-31(27-42(36)48)33-16-10-18-39-38-17-9-15-32(45(38)51-46(33)39)29-21-23-30(24-22-29)44-28-49-47-40-14-4-3-11-34(40)37-13-6-8-20-43(37)50(44)47/h3-28H,1-2H3. The molecule has 1 aliphatic carbocycles. The van der Waals surface area contributed by atoms with Crippen LogP contribution >= 0.6 is 11.3 Å². The lowest BCUT2D eigenvalue weighted by Gasteiger charge is -2.22. The average molecular weight is 669 g/mol. The van der Waals surface area contributed by atoms with Gasteiger partial charge in [-0.05, 0) is 62.0 Å². The van der Waals surface area contributed by atoms with E-state index in [1.165, 1.54) is 86.4 Å². The highest BCUT2D eigenvalue weighted by Gasteiger charge is 2.35. The Morgan fingerprint density at radius 2 is 1.04 bits per heavy atom. The van der Waals surface area contributed by atoms with Gasteiger partial charge < -0.3 is 0 Å². The molecule has 0 saturated heterocycles. The van der Waals surface area contributed by atoms with Crippen LogP contribution in [0.15, 0.2) is 158 Å². The quantitative estimate of drug-likeness (QED) is 0.171. The van der Waals surface area contributed by atoms with E-state index in [0.717, 1.165) is 16.9 Å². The predicted molar refractivity (Wildman–Crippen MR) is 217 cm³/mol. The molecule has 10 aromatic rings. The van der Waals surface area contributed by atoms with Gasteiger partial charge in [0.15, 0.2) is 0 Å². The largest absolute Gasteiger partial charge is 0.292 e. The SMILES string of the molecule is CC1(C)c2ccccc2-c2ccc(-c3cccc4c3sc3c(-c5ccc(-c6cnc7c8ccccc8c8ccccc8n67)cc5)cccc34)cc21. The van der Waals surface area contributed by atoms with Crippen LogP contribution in [0.1, 0.15) is 25.0 Å². The molecule has 7 aromatic carbocycles. The second-order valence-electron chi connectivity index (χ2n) is 14.3. The first-order valence-electron chi connectivity index (χ1n) is 17.6. The van der Waals surface area contributed by atoms with Crippen molar-refractivity contribution < 1.29 is 0 Å². The lowest BCUT2D eigenvalue weighted by atomic mass is 9.81. The van der Waals surface area contributed by atoms with Gasteiger partial charge in [-0.25, -0.2) is 4.98 Å². The number of fused-ring (bicyclic) bond motifs is 12. The van der Waals surface area contributed by atoms with Gasteiger partial charge in [0.1, 0.15) is 5.65 Å². The van der Waals surface area contributed by atoms with Gasteiger partial charge >= 0.3 is 0 Å². The van der Waals surface area contributed by atoms with Crippen LogP contribution in [0.25, 0.3) is 92.1 Å². The van der Waals surface area contributed by atoms with Crippen molar-refractivity contribution in [2.24, 2.45) is 0 Å². The van der Waals surface area contributed by atoms with Crippen LogP contribution in [0.2, 0.25) is 0 Å². The molecular weight excluding hydrogens is 637 g/mol. The van der Waals surface area contributed by atoms with Crippen molar-refractivity contribution in [1.29, 1.82) is 0 Å². The second kappa shape index (κ2) is 10.5. The van der Waals surface area contributed by atoms with E-state index in [9.17, 15) is 0 Å². The first-order valence-corrected chi connectivity index (χ1v) is 18.4. The summed E-state index contributed by atoms with van der Waals surface area (Å²) in [5.41, 5.74) is 15.0. The van der Waals surface area contributed by atoms with Gasteiger partial charge in [-0.15, -0.1) is 11.3 Å². The number of nitrogens with zero attached hydrogens (tertiary/aromatic N) is 2. The molecule has 0 bridgehead atoms. The monoisotopic (exact) mass is 668 g/mol. The fraction of sp³-hybridized carbons (Fsp3) is 0.0625. The molecular formula is C48H32N2S. The fourth-order valence-electron chi connectivity index (χ4n) is 8.77. The Bertz CT molecular complexity index is 3050. The molecule has 0 saturated carbocycles. The van der Waals surface area contributed by atoms with E-state index in [2.05, 4.69) is 170 Å². The minimum Gasteiger partial charge on any atom is -0.292 e. The zero-order valence-electron chi connectivity index (χ0n) is 28.3. The van der Waals surface area contributed by atoms with Gasteiger partial charge in [0.2, 0.25) is 0 Å². The summed E-state index contributed by atoms with van der Waals surface area (Å²) in [5.74, 6) is 0. The third kappa shape index (κ3) is 4.01. The highest BCUT2D eigenvalue weighted by molar-refractivity contribution is 7.26. The molecule has 0 amide bonds. The maximum Gasteiger partial charge on any atom is 0.145 e. The number of pyridine rings is 1. The molecule has 0 aliphatic heterocycles. The molecule has 51 heavy (non-hydrogen) atoms. The van der Waals surface area contributed by atoms with Crippen molar-refractivity contribution in [3.8, 4) is 44.6 Å². The molecule has 3 heterocycles. The molecule has 0 spiro atoms. The molecule has 1 aliphatic rings. The molecule has 240 valence electrons. The summed E-state index contributed by atoms with van der Waals surface area (Å²) in [6.07, 6.45) is 2.02. The number of imidazole rings is 1. The number of thiophene rings is 1. The predicted octanol–water partition coefficient (Wildman–Crippen LogP) is 13.3. The van der Waals surface area contributed by atoms with Crippen LogP contribution < -0.4 is 0 Å². The number of benzene rings is 7. The number of para-hydroxylation sites is 1. The van der Waals surface area contributed by atoms with Crippen molar-refractivity contribution in [2.45, 2.75) is 19.3 Å². The molecule has 2 nitrogen and oxygen atoms in total. The molecule has 0 N–H and O–H groups in total. The Kier molecular flexibility index (Phi) is 5.92. The minimum absolute atomic E-state index is 0.0283.